The zero-order valence-corrected chi connectivity index (χ0v) is 10.8. The lowest BCUT2D eigenvalue weighted by Gasteiger charge is -2.20. The van der Waals surface area contributed by atoms with E-state index in [0.717, 1.165) is 0 Å². The van der Waals surface area contributed by atoms with Crippen LogP contribution in [0.5, 0.6) is 0 Å². The molecule has 0 spiro atoms. The maximum absolute atomic E-state index is 12.0. The first-order valence-corrected chi connectivity index (χ1v) is 5.62. The first kappa shape index (κ1) is 15.1. The number of nitrogens with zero attached hydrogens (tertiary/aromatic N) is 2. The summed E-state index contributed by atoms with van der Waals surface area (Å²) in [7, 11) is 3.00. The van der Waals surface area contributed by atoms with Crippen LogP contribution in [0, 0.1) is 10.1 Å². The lowest BCUT2D eigenvalue weighted by Crippen LogP contribution is -2.36. The highest BCUT2D eigenvalue weighted by Gasteiger charge is 2.16. The molecule has 1 aromatic carbocycles. The Bertz CT molecular complexity index is 446. The smallest absolute Gasteiger partial charge is 0.269 e. The highest BCUT2D eigenvalue weighted by molar-refractivity contribution is 5.94. The third-order valence-electron chi connectivity index (χ3n) is 2.52. The van der Waals surface area contributed by atoms with Gasteiger partial charge < -0.3 is 14.7 Å². The maximum atomic E-state index is 12.0. The fourth-order valence-corrected chi connectivity index (χ4v) is 1.59. The average molecular weight is 268 g/mol. The van der Waals surface area contributed by atoms with Crippen LogP contribution in [-0.2, 0) is 4.74 Å². The second kappa shape index (κ2) is 6.81. The van der Waals surface area contributed by atoms with Crippen LogP contribution >= 0.6 is 0 Å². The molecule has 0 radical (unpaired) electrons. The minimum atomic E-state index is -0.767. The molecule has 0 aliphatic rings. The van der Waals surface area contributed by atoms with Crippen molar-refractivity contribution in [3.63, 3.8) is 0 Å². The molecule has 0 bridgehead atoms. The molecule has 0 aliphatic heterocycles. The number of likely N-dealkylation sites (N-methyl/N-ethyl adjacent to an activating group) is 1. The molecule has 19 heavy (non-hydrogen) atoms. The number of nitro benzene ring substituents is 1. The molecule has 7 nitrogen and oxygen atoms in total. The van der Waals surface area contributed by atoms with Crippen molar-refractivity contribution in [2.24, 2.45) is 0 Å². The SMILES string of the molecule is COCC(O)CN(C)C(=O)c1ccc([N+](=O)[O-])cc1. The van der Waals surface area contributed by atoms with E-state index in [1.54, 1.807) is 7.05 Å². The van der Waals surface area contributed by atoms with Crippen LogP contribution in [0.2, 0.25) is 0 Å². The molecule has 1 aromatic rings. The highest BCUT2D eigenvalue weighted by Crippen LogP contribution is 2.13. The van der Waals surface area contributed by atoms with Gasteiger partial charge in [-0.15, -0.1) is 0 Å². The molecule has 1 N–H and O–H groups in total. The van der Waals surface area contributed by atoms with Gasteiger partial charge in [-0.1, -0.05) is 0 Å². The minimum Gasteiger partial charge on any atom is -0.389 e. The van der Waals surface area contributed by atoms with Crippen LogP contribution in [0.1, 0.15) is 10.4 Å². The van der Waals surface area contributed by atoms with Crippen LogP contribution in [0.3, 0.4) is 0 Å². The number of carbonyl (C=O) groups is 1. The Morgan fingerprint density at radius 1 is 1.47 bits per heavy atom. The zero-order valence-electron chi connectivity index (χ0n) is 10.8. The quantitative estimate of drug-likeness (QED) is 0.604. The van der Waals surface area contributed by atoms with E-state index in [4.69, 9.17) is 4.74 Å². The summed E-state index contributed by atoms with van der Waals surface area (Å²) in [4.78, 5) is 23.3. The van der Waals surface area contributed by atoms with Crippen molar-refractivity contribution in [2.75, 3.05) is 27.3 Å². The maximum Gasteiger partial charge on any atom is 0.269 e. The monoisotopic (exact) mass is 268 g/mol. The molecule has 104 valence electrons. The molecule has 1 unspecified atom stereocenters. The normalized spacial score (nSPS) is 11.9. The number of amides is 1. The molecule has 1 amide bonds. The van der Waals surface area contributed by atoms with E-state index in [2.05, 4.69) is 0 Å². The van der Waals surface area contributed by atoms with Crippen LogP contribution in [0.25, 0.3) is 0 Å². The van der Waals surface area contributed by atoms with Crippen LogP contribution in [-0.4, -0.2) is 54.3 Å². The van der Waals surface area contributed by atoms with Crippen LogP contribution in [0.15, 0.2) is 24.3 Å². The lowest BCUT2D eigenvalue weighted by molar-refractivity contribution is -0.384. The van der Waals surface area contributed by atoms with Gasteiger partial charge >= 0.3 is 0 Å². The van der Waals surface area contributed by atoms with Gasteiger partial charge in [0.05, 0.1) is 17.6 Å². The van der Waals surface area contributed by atoms with E-state index >= 15 is 0 Å². The van der Waals surface area contributed by atoms with Crippen molar-refractivity contribution in [3.8, 4) is 0 Å². The number of hydrogen-bond donors (Lipinski definition) is 1. The van der Waals surface area contributed by atoms with Crippen LogP contribution in [0.4, 0.5) is 5.69 Å². The molecule has 1 rings (SSSR count). The van der Waals surface area contributed by atoms with Gasteiger partial charge in [0.15, 0.2) is 0 Å². The van der Waals surface area contributed by atoms with Crippen molar-refractivity contribution in [1.82, 2.24) is 4.90 Å². The lowest BCUT2D eigenvalue weighted by atomic mass is 10.2. The predicted octanol–water partition coefficient (Wildman–Crippen LogP) is 0.674. The molecule has 7 heteroatoms. The van der Waals surface area contributed by atoms with Crippen molar-refractivity contribution in [3.05, 3.63) is 39.9 Å². The van der Waals surface area contributed by atoms with E-state index < -0.39 is 11.0 Å². The fourth-order valence-electron chi connectivity index (χ4n) is 1.59. The van der Waals surface area contributed by atoms with Gasteiger partial charge in [0, 0.05) is 38.4 Å². The second-order valence-electron chi connectivity index (χ2n) is 4.10. The predicted molar refractivity (Wildman–Crippen MR) is 67.9 cm³/mol. The Balaban J connectivity index is 2.68. The summed E-state index contributed by atoms with van der Waals surface area (Å²) in [6.45, 7) is 0.265. The molecule has 0 saturated carbocycles. The summed E-state index contributed by atoms with van der Waals surface area (Å²) in [6, 6.07) is 5.32. The Hall–Kier alpha value is -1.99. The number of hydrogen-bond acceptors (Lipinski definition) is 5. The van der Waals surface area contributed by atoms with Gasteiger partial charge in [-0.05, 0) is 12.1 Å². The number of non-ortho nitro benzene ring substituents is 1. The molecule has 0 aliphatic carbocycles. The van der Waals surface area contributed by atoms with Gasteiger partial charge in [-0.3, -0.25) is 14.9 Å². The first-order chi connectivity index (χ1) is 8.95. The number of aliphatic hydroxyl groups excluding tert-OH is 1. The summed E-state index contributed by atoms with van der Waals surface area (Å²) in [5.74, 6) is -0.315. The molecule has 0 heterocycles. The molecule has 0 aromatic heterocycles. The van der Waals surface area contributed by atoms with E-state index in [0.29, 0.717) is 5.56 Å². The Labute approximate surface area is 110 Å². The average Bonchev–Trinajstić information content (AvgIpc) is 2.38. The summed E-state index contributed by atoms with van der Waals surface area (Å²) < 4.78 is 4.77. The van der Waals surface area contributed by atoms with Gasteiger partial charge in [0.2, 0.25) is 0 Å². The number of aliphatic hydroxyl groups is 1. The van der Waals surface area contributed by atoms with Gasteiger partial charge in [0.1, 0.15) is 0 Å². The number of rotatable bonds is 6. The van der Waals surface area contributed by atoms with Crippen LogP contribution < -0.4 is 0 Å². The van der Waals surface area contributed by atoms with Crippen molar-refractivity contribution in [1.29, 1.82) is 0 Å². The third-order valence-corrected chi connectivity index (χ3v) is 2.52. The number of nitro groups is 1. The van der Waals surface area contributed by atoms with E-state index in [1.807, 2.05) is 0 Å². The summed E-state index contributed by atoms with van der Waals surface area (Å²) in [5, 5.41) is 20.0. The second-order valence-corrected chi connectivity index (χ2v) is 4.10. The number of benzene rings is 1. The fraction of sp³-hybridized carbons (Fsp3) is 0.417. The summed E-state index contributed by atoms with van der Waals surface area (Å²) in [5.41, 5.74) is 0.260. The molecule has 0 saturated heterocycles. The number of methoxy groups -OCH3 is 1. The first-order valence-electron chi connectivity index (χ1n) is 5.62. The van der Waals surface area contributed by atoms with Gasteiger partial charge in [-0.25, -0.2) is 0 Å². The Morgan fingerprint density at radius 2 is 2.05 bits per heavy atom. The van der Waals surface area contributed by atoms with Crippen molar-refractivity contribution < 1.29 is 19.6 Å². The summed E-state index contributed by atoms with van der Waals surface area (Å²) in [6.07, 6.45) is -0.767. The van der Waals surface area contributed by atoms with E-state index in [9.17, 15) is 20.0 Å². The Kier molecular flexibility index (Phi) is 5.40. The van der Waals surface area contributed by atoms with Gasteiger partial charge in [0.25, 0.3) is 11.6 Å². The molecule has 0 fully saturated rings. The van der Waals surface area contributed by atoms with Crippen molar-refractivity contribution >= 4 is 11.6 Å². The molecular formula is C12H16N2O5. The van der Waals surface area contributed by atoms with E-state index in [1.165, 1.54) is 36.3 Å². The largest absolute Gasteiger partial charge is 0.389 e. The zero-order chi connectivity index (χ0) is 14.4. The topological polar surface area (TPSA) is 92.9 Å². The standard InChI is InChI=1S/C12H16N2O5/c1-13(7-11(15)8-19-2)12(16)9-3-5-10(6-4-9)14(17)18/h3-6,11,15H,7-8H2,1-2H3. The van der Waals surface area contributed by atoms with Gasteiger partial charge in [-0.2, -0.15) is 0 Å². The Morgan fingerprint density at radius 3 is 2.53 bits per heavy atom. The number of ether oxygens (including phenoxy) is 1. The molecule has 1 atom stereocenters. The number of carbonyl (C=O) groups excluding carboxylic acids is 1. The minimum absolute atomic E-state index is 0.0707. The van der Waals surface area contributed by atoms with E-state index in [-0.39, 0.29) is 24.7 Å². The highest BCUT2D eigenvalue weighted by atomic mass is 16.6. The third kappa shape index (κ3) is 4.31. The molecular weight excluding hydrogens is 252 g/mol. The summed E-state index contributed by atoms with van der Waals surface area (Å²) >= 11 is 0. The van der Waals surface area contributed by atoms with Crippen molar-refractivity contribution in [2.45, 2.75) is 6.10 Å².